The molecule has 0 spiro atoms. The number of carboxylic acid groups (broad SMARTS) is 1. The van der Waals surface area contributed by atoms with E-state index in [0.717, 1.165) is 32.1 Å². The maximum atomic E-state index is 11.9. The van der Waals surface area contributed by atoms with Gasteiger partial charge in [0.25, 0.3) is 0 Å². The molecule has 0 bridgehead atoms. The fourth-order valence-corrected chi connectivity index (χ4v) is 2.99. The molecule has 0 radical (unpaired) electrons. The van der Waals surface area contributed by atoms with Gasteiger partial charge in [-0.2, -0.15) is 0 Å². The number of carbonyl (C=O) groups excluding carboxylic acids is 1. The normalized spacial score (nSPS) is 26.9. The van der Waals surface area contributed by atoms with E-state index in [4.69, 9.17) is 0 Å². The Morgan fingerprint density at radius 3 is 2.38 bits per heavy atom. The third-order valence-corrected chi connectivity index (χ3v) is 4.74. The van der Waals surface area contributed by atoms with Crippen LogP contribution in [0.4, 0.5) is 4.79 Å². The molecule has 3 N–H and O–H groups in total. The molecular weight excluding hydrogens is 268 g/mol. The van der Waals surface area contributed by atoms with Gasteiger partial charge >= 0.3 is 12.0 Å². The van der Waals surface area contributed by atoms with Crippen LogP contribution in [0, 0.1) is 11.3 Å². The number of aliphatic carboxylic acids is 1. The summed E-state index contributed by atoms with van der Waals surface area (Å²) >= 11 is 0. The first-order valence-electron chi connectivity index (χ1n) is 8.21. The molecule has 0 aliphatic heterocycles. The van der Waals surface area contributed by atoms with Crippen LogP contribution in [-0.4, -0.2) is 29.7 Å². The van der Waals surface area contributed by atoms with Crippen molar-refractivity contribution in [3.63, 3.8) is 0 Å². The number of hydrogen-bond acceptors (Lipinski definition) is 2. The molecule has 0 aromatic heterocycles. The van der Waals surface area contributed by atoms with Crippen LogP contribution in [0.25, 0.3) is 0 Å². The smallest absolute Gasteiger partial charge is 0.315 e. The minimum atomic E-state index is -0.782. The monoisotopic (exact) mass is 298 g/mol. The number of nitrogens with one attached hydrogen (secondary N) is 2. The molecule has 1 fully saturated rings. The first-order valence-corrected chi connectivity index (χ1v) is 8.21. The molecule has 0 aromatic carbocycles. The van der Waals surface area contributed by atoms with Crippen LogP contribution in [0.2, 0.25) is 0 Å². The van der Waals surface area contributed by atoms with E-state index in [1.54, 1.807) is 0 Å². The molecule has 21 heavy (non-hydrogen) atoms. The van der Waals surface area contributed by atoms with Crippen molar-refractivity contribution in [3.8, 4) is 0 Å². The van der Waals surface area contributed by atoms with Crippen LogP contribution in [0.15, 0.2) is 0 Å². The van der Waals surface area contributed by atoms with Gasteiger partial charge in [-0.1, -0.05) is 27.2 Å². The zero-order valence-corrected chi connectivity index (χ0v) is 13.6. The van der Waals surface area contributed by atoms with Crippen LogP contribution >= 0.6 is 0 Å². The molecule has 5 heteroatoms. The number of urea groups is 1. The molecule has 122 valence electrons. The average Bonchev–Trinajstić information content (AvgIpc) is 2.46. The molecule has 1 atom stereocenters. The SMILES string of the molecule is CCCC(CC)NC(=O)NCC1(C(=O)O)CCC(C)CC1. The van der Waals surface area contributed by atoms with E-state index in [-0.39, 0.29) is 18.6 Å². The predicted molar refractivity (Wildman–Crippen MR) is 83.2 cm³/mol. The zero-order valence-electron chi connectivity index (χ0n) is 13.6. The Balaban J connectivity index is 2.50. The largest absolute Gasteiger partial charge is 0.481 e. The summed E-state index contributed by atoms with van der Waals surface area (Å²) in [4.78, 5) is 23.5. The van der Waals surface area contributed by atoms with Crippen LogP contribution in [0.1, 0.15) is 65.7 Å². The van der Waals surface area contributed by atoms with Crippen molar-refractivity contribution in [2.75, 3.05) is 6.54 Å². The summed E-state index contributed by atoms with van der Waals surface area (Å²) in [6.45, 7) is 6.51. The molecule has 5 nitrogen and oxygen atoms in total. The summed E-state index contributed by atoms with van der Waals surface area (Å²) < 4.78 is 0. The molecule has 0 heterocycles. The Kier molecular flexibility index (Phi) is 6.99. The first-order chi connectivity index (χ1) is 9.93. The van der Waals surface area contributed by atoms with Crippen LogP contribution in [-0.2, 0) is 4.79 Å². The molecule has 2 amide bonds. The van der Waals surface area contributed by atoms with Gasteiger partial charge in [-0.25, -0.2) is 4.79 Å². The fourth-order valence-electron chi connectivity index (χ4n) is 2.99. The van der Waals surface area contributed by atoms with Crippen molar-refractivity contribution >= 4 is 12.0 Å². The second-order valence-electron chi connectivity index (χ2n) is 6.49. The van der Waals surface area contributed by atoms with Crippen molar-refractivity contribution < 1.29 is 14.7 Å². The topological polar surface area (TPSA) is 78.4 Å². The van der Waals surface area contributed by atoms with Gasteiger partial charge < -0.3 is 15.7 Å². The molecular formula is C16H30N2O3. The summed E-state index contributed by atoms with van der Waals surface area (Å²) in [5.74, 6) is -0.198. The number of amides is 2. The lowest BCUT2D eigenvalue weighted by Crippen LogP contribution is -2.49. The van der Waals surface area contributed by atoms with E-state index >= 15 is 0 Å². The predicted octanol–water partition coefficient (Wildman–Crippen LogP) is 3.15. The fraction of sp³-hybridized carbons (Fsp3) is 0.875. The first kappa shape index (κ1) is 17.8. The lowest BCUT2D eigenvalue weighted by Gasteiger charge is -2.36. The Bertz CT molecular complexity index is 349. The van der Waals surface area contributed by atoms with Gasteiger partial charge in [0.05, 0.1) is 5.41 Å². The highest BCUT2D eigenvalue weighted by molar-refractivity contribution is 5.78. The van der Waals surface area contributed by atoms with Gasteiger partial charge in [0.15, 0.2) is 0 Å². The lowest BCUT2D eigenvalue weighted by molar-refractivity contribution is -0.151. The molecule has 1 rings (SSSR count). The Morgan fingerprint density at radius 2 is 1.90 bits per heavy atom. The summed E-state index contributed by atoms with van der Waals surface area (Å²) in [7, 11) is 0. The average molecular weight is 298 g/mol. The summed E-state index contributed by atoms with van der Waals surface area (Å²) in [6.07, 6.45) is 6.00. The summed E-state index contributed by atoms with van der Waals surface area (Å²) in [5.41, 5.74) is -0.781. The third kappa shape index (κ3) is 5.21. The Hall–Kier alpha value is -1.26. The van der Waals surface area contributed by atoms with Gasteiger partial charge in [-0.05, 0) is 44.4 Å². The summed E-state index contributed by atoms with van der Waals surface area (Å²) in [5, 5.41) is 15.2. The quantitative estimate of drug-likeness (QED) is 0.675. The minimum absolute atomic E-state index is 0.169. The molecule has 0 saturated heterocycles. The van der Waals surface area contributed by atoms with Gasteiger partial charge in [0.1, 0.15) is 0 Å². The number of carbonyl (C=O) groups is 2. The van der Waals surface area contributed by atoms with Crippen molar-refractivity contribution in [1.82, 2.24) is 10.6 Å². The van der Waals surface area contributed by atoms with Gasteiger partial charge in [0.2, 0.25) is 0 Å². The van der Waals surface area contributed by atoms with Gasteiger partial charge in [0, 0.05) is 12.6 Å². The number of hydrogen-bond donors (Lipinski definition) is 3. The second-order valence-corrected chi connectivity index (χ2v) is 6.49. The zero-order chi connectivity index (χ0) is 15.9. The molecule has 1 saturated carbocycles. The van der Waals surface area contributed by atoms with E-state index in [9.17, 15) is 14.7 Å². The Morgan fingerprint density at radius 1 is 1.29 bits per heavy atom. The van der Waals surface area contributed by atoms with E-state index in [0.29, 0.717) is 18.8 Å². The van der Waals surface area contributed by atoms with E-state index < -0.39 is 11.4 Å². The van der Waals surface area contributed by atoms with Crippen LogP contribution < -0.4 is 10.6 Å². The van der Waals surface area contributed by atoms with Crippen LogP contribution in [0.3, 0.4) is 0 Å². The lowest BCUT2D eigenvalue weighted by atomic mass is 9.71. The highest BCUT2D eigenvalue weighted by atomic mass is 16.4. The van der Waals surface area contributed by atoms with Gasteiger partial charge in [-0.3, -0.25) is 4.79 Å². The molecule has 1 unspecified atom stereocenters. The number of rotatable bonds is 7. The Labute approximate surface area is 127 Å². The van der Waals surface area contributed by atoms with Crippen LogP contribution in [0.5, 0.6) is 0 Å². The summed E-state index contributed by atoms with van der Waals surface area (Å²) in [6, 6.07) is -0.0725. The molecule has 1 aliphatic rings. The molecule has 0 aromatic rings. The standard InChI is InChI=1S/C16H30N2O3/c1-4-6-13(5-2)18-15(21)17-11-16(14(19)20)9-7-12(3)8-10-16/h12-13H,4-11H2,1-3H3,(H,19,20)(H2,17,18,21). The maximum absolute atomic E-state index is 11.9. The highest BCUT2D eigenvalue weighted by Gasteiger charge is 2.41. The maximum Gasteiger partial charge on any atom is 0.315 e. The van der Waals surface area contributed by atoms with E-state index in [1.807, 2.05) is 6.92 Å². The third-order valence-electron chi connectivity index (χ3n) is 4.74. The second kappa shape index (κ2) is 8.25. The van der Waals surface area contributed by atoms with E-state index in [2.05, 4.69) is 24.5 Å². The van der Waals surface area contributed by atoms with Crippen molar-refractivity contribution in [1.29, 1.82) is 0 Å². The number of carboxylic acids is 1. The minimum Gasteiger partial charge on any atom is -0.481 e. The van der Waals surface area contributed by atoms with Crippen molar-refractivity contribution in [2.45, 2.75) is 71.8 Å². The van der Waals surface area contributed by atoms with E-state index in [1.165, 1.54) is 0 Å². The highest BCUT2D eigenvalue weighted by Crippen LogP contribution is 2.38. The van der Waals surface area contributed by atoms with Crippen molar-refractivity contribution in [3.05, 3.63) is 0 Å². The van der Waals surface area contributed by atoms with Crippen molar-refractivity contribution in [2.24, 2.45) is 11.3 Å². The van der Waals surface area contributed by atoms with Gasteiger partial charge in [-0.15, -0.1) is 0 Å². The molecule has 1 aliphatic carbocycles.